The van der Waals surface area contributed by atoms with Crippen LogP contribution in [0.2, 0.25) is 0 Å². The van der Waals surface area contributed by atoms with Gasteiger partial charge in [0.15, 0.2) is 0 Å². The van der Waals surface area contributed by atoms with E-state index in [9.17, 15) is 29.4 Å². The fraction of sp³-hybridized carbons (Fsp3) is 0.429. The van der Waals surface area contributed by atoms with Crippen LogP contribution in [0.3, 0.4) is 0 Å². The number of pyridine rings is 2. The zero-order chi connectivity index (χ0) is 41.5. The van der Waals surface area contributed by atoms with E-state index in [2.05, 4.69) is 9.97 Å². The van der Waals surface area contributed by atoms with Gasteiger partial charge < -0.3 is 38.3 Å². The molecule has 2 fully saturated rings. The van der Waals surface area contributed by atoms with Gasteiger partial charge in [-0.2, -0.15) is 0 Å². The van der Waals surface area contributed by atoms with E-state index in [0.717, 1.165) is 50.2 Å². The van der Waals surface area contributed by atoms with Crippen molar-refractivity contribution in [3.05, 3.63) is 66.7 Å². The van der Waals surface area contributed by atoms with Crippen LogP contribution in [-0.2, 0) is 25.5 Å². The molecule has 8 rings (SSSR count). The summed E-state index contributed by atoms with van der Waals surface area (Å²) in [5.74, 6) is -0.475. The van der Waals surface area contributed by atoms with Crippen LogP contribution >= 0.6 is 0 Å². The third kappa shape index (κ3) is 8.50. The van der Waals surface area contributed by atoms with Crippen molar-refractivity contribution >= 4 is 56.6 Å². The molecule has 2 saturated heterocycles. The molecule has 0 unspecified atom stereocenters. The molecule has 3 aliphatic heterocycles. The van der Waals surface area contributed by atoms with E-state index in [0.29, 0.717) is 18.4 Å². The first kappa shape index (κ1) is 39.9. The van der Waals surface area contributed by atoms with Crippen LogP contribution in [0.5, 0.6) is 17.5 Å². The maximum Gasteiger partial charge on any atom is 0.411 e. The van der Waals surface area contributed by atoms with Crippen molar-refractivity contribution in [2.75, 3.05) is 19.7 Å². The molecule has 306 valence electrons. The molecule has 2 aromatic carbocycles. The Balaban J connectivity index is 0.000000177. The molecule has 4 atom stereocenters. The molecule has 3 aliphatic rings. The summed E-state index contributed by atoms with van der Waals surface area (Å²) in [6.07, 6.45) is 3.75. The molecule has 0 bridgehead atoms. The third-order valence-electron chi connectivity index (χ3n) is 9.84. The number of benzene rings is 2. The number of hydrogen-bond donors (Lipinski definition) is 2. The first-order valence-electron chi connectivity index (χ1n) is 19.0. The van der Waals surface area contributed by atoms with Crippen LogP contribution in [0.15, 0.2) is 65.5 Å². The second kappa shape index (κ2) is 15.6. The molecule has 0 aliphatic carbocycles. The van der Waals surface area contributed by atoms with Crippen LogP contribution in [-0.4, -0.2) is 109 Å². The van der Waals surface area contributed by atoms with E-state index in [4.69, 9.17) is 28.1 Å². The number of carboxylic acids is 2. The number of carbonyl (C=O) groups is 4. The molecule has 5 aromatic rings. The van der Waals surface area contributed by atoms with Gasteiger partial charge in [0.05, 0.1) is 26.0 Å². The first-order valence-corrected chi connectivity index (χ1v) is 19.0. The molecule has 2 N–H and O–H groups in total. The largest absolute Gasteiger partial charge is 0.493 e. The monoisotopic (exact) mass is 798 g/mol. The summed E-state index contributed by atoms with van der Waals surface area (Å²) in [7, 11) is 0. The van der Waals surface area contributed by atoms with E-state index in [1.165, 1.54) is 9.80 Å². The Morgan fingerprint density at radius 2 is 1.19 bits per heavy atom. The predicted octanol–water partition coefficient (Wildman–Crippen LogP) is 6.83. The SMILES string of the molecule is CC(C)(C)OC(=O)N1C[C@H](Oc2nccc3c2ccc2occc23)C[C@H]1C(=O)O.CC(C)(C)OC(=O)N1C[C@H](Oc2nccc3c4c(ccc23)OCC4)C[C@H]1C(=O)O. The zero-order valence-corrected chi connectivity index (χ0v) is 33.1. The average molecular weight is 799 g/mol. The van der Waals surface area contributed by atoms with Crippen molar-refractivity contribution in [3.63, 3.8) is 0 Å². The van der Waals surface area contributed by atoms with Gasteiger partial charge in [-0.25, -0.2) is 29.1 Å². The Kier molecular flexibility index (Phi) is 10.7. The number of aliphatic carboxylic acids is 2. The number of furan rings is 1. The Hall–Kier alpha value is -6.32. The number of carbonyl (C=O) groups excluding carboxylic acids is 2. The normalized spacial score (nSPS) is 20.3. The van der Waals surface area contributed by atoms with E-state index >= 15 is 0 Å². The summed E-state index contributed by atoms with van der Waals surface area (Å²) in [5, 5.41) is 23.6. The molecule has 2 amide bonds. The number of aromatic nitrogens is 2. The van der Waals surface area contributed by atoms with Crippen LogP contribution in [0.1, 0.15) is 59.9 Å². The van der Waals surface area contributed by atoms with Gasteiger partial charge >= 0.3 is 24.1 Å². The van der Waals surface area contributed by atoms with Crippen molar-refractivity contribution in [1.82, 2.24) is 19.8 Å². The molecule has 16 heteroatoms. The lowest BCUT2D eigenvalue weighted by Crippen LogP contribution is -2.43. The number of nitrogens with zero attached hydrogens (tertiary/aromatic N) is 4. The van der Waals surface area contributed by atoms with Crippen molar-refractivity contribution in [3.8, 4) is 17.5 Å². The van der Waals surface area contributed by atoms with E-state index in [1.807, 2.05) is 42.5 Å². The highest BCUT2D eigenvalue weighted by atomic mass is 16.6. The second-order valence-electron chi connectivity index (χ2n) is 16.4. The summed E-state index contributed by atoms with van der Waals surface area (Å²) < 4.78 is 33.9. The lowest BCUT2D eigenvalue weighted by Gasteiger charge is -2.26. The minimum Gasteiger partial charge on any atom is -0.493 e. The Bertz CT molecular complexity index is 2380. The number of amides is 2. The highest BCUT2D eigenvalue weighted by Crippen LogP contribution is 2.37. The Morgan fingerprint density at radius 3 is 1.72 bits per heavy atom. The fourth-order valence-electron chi connectivity index (χ4n) is 7.39. The smallest absolute Gasteiger partial charge is 0.411 e. The van der Waals surface area contributed by atoms with Crippen molar-refractivity contribution < 1.29 is 57.5 Å². The quantitative estimate of drug-likeness (QED) is 0.181. The van der Waals surface area contributed by atoms with Gasteiger partial charge in [-0.3, -0.25) is 9.80 Å². The van der Waals surface area contributed by atoms with Gasteiger partial charge in [-0.1, -0.05) is 0 Å². The fourth-order valence-corrected chi connectivity index (χ4v) is 7.39. The van der Waals surface area contributed by atoms with Crippen molar-refractivity contribution in [2.45, 2.75) is 96.3 Å². The zero-order valence-electron chi connectivity index (χ0n) is 33.1. The lowest BCUT2D eigenvalue weighted by atomic mass is 10.0. The standard InChI is InChI=1S/C21H24N2O6.C21H22N2O6/c2*1-21(2,3)29-20(26)23-11-12(10-16(23)19(24)25)28-18-15-4-5-17-14(7-9-27-17)13(15)6-8-22-18/h4-6,8,12,16H,7,9-11H2,1-3H3,(H,24,25);4-9,12,16H,10-11H2,1-3H3,(H,24,25)/t2*12-,16+/m11/s1. The molecule has 6 heterocycles. The van der Waals surface area contributed by atoms with Gasteiger partial charge in [-0.05, 0) is 94.8 Å². The van der Waals surface area contributed by atoms with Crippen LogP contribution in [0, 0.1) is 0 Å². The molecular weight excluding hydrogens is 752 g/mol. The third-order valence-corrected chi connectivity index (χ3v) is 9.84. The molecule has 0 spiro atoms. The summed E-state index contributed by atoms with van der Waals surface area (Å²) in [6, 6.07) is 11.2. The number of likely N-dealkylation sites (tertiary alicyclic amines) is 2. The molecule has 58 heavy (non-hydrogen) atoms. The van der Waals surface area contributed by atoms with Crippen molar-refractivity contribution in [1.29, 1.82) is 0 Å². The minimum absolute atomic E-state index is 0.109. The van der Waals surface area contributed by atoms with Crippen molar-refractivity contribution in [2.24, 2.45) is 0 Å². The van der Waals surface area contributed by atoms with E-state index in [-0.39, 0.29) is 25.9 Å². The van der Waals surface area contributed by atoms with Gasteiger partial charge in [-0.15, -0.1) is 0 Å². The molecule has 0 saturated carbocycles. The maximum atomic E-state index is 12.5. The topological polar surface area (TPSA) is 200 Å². The number of carboxylic acid groups (broad SMARTS) is 2. The predicted molar refractivity (Wildman–Crippen MR) is 209 cm³/mol. The van der Waals surface area contributed by atoms with E-state index < -0.39 is 59.6 Å². The van der Waals surface area contributed by atoms with Crippen LogP contribution in [0.4, 0.5) is 9.59 Å². The second-order valence-corrected chi connectivity index (χ2v) is 16.4. The summed E-state index contributed by atoms with van der Waals surface area (Å²) >= 11 is 0. The number of rotatable bonds is 6. The maximum absolute atomic E-state index is 12.5. The number of ether oxygens (including phenoxy) is 5. The Morgan fingerprint density at radius 1 is 0.672 bits per heavy atom. The van der Waals surface area contributed by atoms with E-state index in [1.54, 1.807) is 60.2 Å². The van der Waals surface area contributed by atoms with Gasteiger partial charge in [0, 0.05) is 53.4 Å². The summed E-state index contributed by atoms with van der Waals surface area (Å²) in [5.41, 5.74) is 0.461. The minimum atomic E-state index is -1.09. The highest BCUT2D eigenvalue weighted by Gasteiger charge is 2.44. The average Bonchev–Trinajstić information content (AvgIpc) is 3.96. The molecular formula is C42H46N4O12. The summed E-state index contributed by atoms with van der Waals surface area (Å²) in [6.45, 7) is 11.3. The molecule has 16 nitrogen and oxygen atoms in total. The summed E-state index contributed by atoms with van der Waals surface area (Å²) in [4.78, 5) is 59.4. The first-order chi connectivity index (χ1) is 27.5. The molecule has 0 radical (unpaired) electrons. The van der Waals surface area contributed by atoms with Gasteiger partial charge in [0.2, 0.25) is 11.8 Å². The van der Waals surface area contributed by atoms with Gasteiger partial charge in [0.25, 0.3) is 0 Å². The Labute approximate surface area is 333 Å². The number of hydrogen-bond acceptors (Lipinski definition) is 12. The lowest BCUT2D eigenvalue weighted by molar-refractivity contribution is -0.142. The number of fused-ring (bicyclic) bond motifs is 6. The highest BCUT2D eigenvalue weighted by molar-refractivity contribution is 6.07. The van der Waals surface area contributed by atoms with Crippen LogP contribution < -0.4 is 14.2 Å². The molecule has 3 aromatic heterocycles. The van der Waals surface area contributed by atoms with Crippen LogP contribution in [0.25, 0.3) is 32.5 Å². The van der Waals surface area contributed by atoms with Gasteiger partial charge in [0.1, 0.15) is 46.8 Å².